The van der Waals surface area contributed by atoms with Crippen LogP contribution in [0.25, 0.3) is 0 Å². The molecular weight excluding hydrogens is 220 g/mol. The molecule has 1 amide bonds. The number of nitrogens with one attached hydrogen (secondary N) is 1. The van der Waals surface area contributed by atoms with Crippen LogP contribution in [0.4, 0.5) is 6.01 Å². The summed E-state index contributed by atoms with van der Waals surface area (Å²) in [4.78, 5) is 15.8. The molecule has 6 heteroatoms. The van der Waals surface area contributed by atoms with Crippen molar-refractivity contribution in [3.63, 3.8) is 0 Å². The van der Waals surface area contributed by atoms with Gasteiger partial charge in [-0.1, -0.05) is 5.16 Å². The van der Waals surface area contributed by atoms with Crippen LogP contribution in [0.2, 0.25) is 0 Å². The molecule has 0 bridgehead atoms. The summed E-state index contributed by atoms with van der Waals surface area (Å²) in [6, 6.07) is 0.188. The molecular formula is C11H18N4O2. The first-order valence-electron chi connectivity index (χ1n) is 6.00. The van der Waals surface area contributed by atoms with Crippen molar-refractivity contribution in [1.82, 2.24) is 10.1 Å². The topological polar surface area (TPSA) is 94.0 Å². The van der Waals surface area contributed by atoms with Crippen molar-refractivity contribution in [3.8, 4) is 0 Å². The van der Waals surface area contributed by atoms with E-state index in [1.807, 2.05) is 0 Å². The van der Waals surface area contributed by atoms with E-state index in [1.165, 1.54) is 0 Å². The molecule has 3 N–H and O–H groups in total. The summed E-state index contributed by atoms with van der Waals surface area (Å²) < 4.78 is 4.85. The zero-order valence-corrected chi connectivity index (χ0v) is 9.98. The summed E-state index contributed by atoms with van der Waals surface area (Å²) in [5.74, 6) is 1.12. The number of hydrogen-bond acceptors (Lipinski definition) is 5. The number of amides is 1. The summed E-state index contributed by atoms with van der Waals surface area (Å²) in [7, 11) is 0. The van der Waals surface area contributed by atoms with Crippen molar-refractivity contribution in [3.05, 3.63) is 5.82 Å². The molecule has 17 heavy (non-hydrogen) atoms. The highest BCUT2D eigenvalue weighted by Crippen LogP contribution is 2.28. The highest BCUT2D eigenvalue weighted by Gasteiger charge is 2.26. The third-order valence-corrected chi connectivity index (χ3v) is 3.31. The normalized spacial score (nSPS) is 24.6. The second kappa shape index (κ2) is 5.27. The molecule has 2 rings (SSSR count). The largest absolute Gasteiger partial charge is 0.330 e. The zero-order chi connectivity index (χ0) is 12.3. The lowest BCUT2D eigenvalue weighted by Crippen LogP contribution is -2.29. The first-order chi connectivity index (χ1) is 8.19. The molecule has 1 heterocycles. The van der Waals surface area contributed by atoms with Gasteiger partial charge >= 0.3 is 6.01 Å². The Morgan fingerprint density at radius 3 is 2.71 bits per heavy atom. The summed E-state index contributed by atoms with van der Waals surface area (Å²) in [5.41, 5.74) is 5.62. The predicted octanol–water partition coefficient (Wildman–Crippen LogP) is 1.08. The number of aryl methyl sites for hydroxylation is 1. The first-order valence-corrected chi connectivity index (χ1v) is 6.00. The van der Waals surface area contributed by atoms with E-state index in [2.05, 4.69) is 15.5 Å². The number of aromatic nitrogens is 2. The average Bonchev–Trinajstić information content (AvgIpc) is 2.75. The van der Waals surface area contributed by atoms with Gasteiger partial charge in [0, 0.05) is 5.92 Å². The van der Waals surface area contributed by atoms with Crippen LogP contribution in [0.5, 0.6) is 0 Å². The maximum atomic E-state index is 11.9. The summed E-state index contributed by atoms with van der Waals surface area (Å²) in [6.45, 7) is 2.43. The quantitative estimate of drug-likeness (QED) is 0.821. The van der Waals surface area contributed by atoms with E-state index in [-0.39, 0.29) is 17.8 Å². The van der Waals surface area contributed by atoms with Crippen molar-refractivity contribution >= 4 is 11.9 Å². The van der Waals surface area contributed by atoms with Gasteiger partial charge in [-0.25, -0.2) is 0 Å². The van der Waals surface area contributed by atoms with Crippen molar-refractivity contribution < 1.29 is 9.32 Å². The van der Waals surface area contributed by atoms with E-state index in [4.69, 9.17) is 10.3 Å². The van der Waals surface area contributed by atoms with Gasteiger partial charge in [0.05, 0.1) is 0 Å². The van der Waals surface area contributed by atoms with E-state index < -0.39 is 0 Å². The van der Waals surface area contributed by atoms with Gasteiger partial charge in [-0.05, 0) is 45.1 Å². The third kappa shape index (κ3) is 3.03. The molecule has 1 aliphatic rings. The predicted molar refractivity (Wildman–Crippen MR) is 62.2 cm³/mol. The van der Waals surface area contributed by atoms with Crippen molar-refractivity contribution in [2.75, 3.05) is 11.9 Å². The number of hydrogen-bond donors (Lipinski definition) is 2. The number of nitrogens with zero attached hydrogens (tertiary/aromatic N) is 2. The number of carbonyl (C=O) groups excluding carboxylic acids is 1. The molecule has 0 radical (unpaired) electrons. The summed E-state index contributed by atoms with van der Waals surface area (Å²) >= 11 is 0. The zero-order valence-electron chi connectivity index (χ0n) is 9.98. The lowest BCUT2D eigenvalue weighted by atomic mass is 9.82. The van der Waals surface area contributed by atoms with Gasteiger partial charge in [-0.2, -0.15) is 4.98 Å². The van der Waals surface area contributed by atoms with Gasteiger partial charge in [0.1, 0.15) is 0 Å². The number of carbonyl (C=O) groups is 1. The molecule has 0 unspecified atom stereocenters. The van der Waals surface area contributed by atoms with Gasteiger partial charge < -0.3 is 10.3 Å². The van der Waals surface area contributed by atoms with Crippen molar-refractivity contribution in [2.45, 2.75) is 32.6 Å². The lowest BCUT2D eigenvalue weighted by molar-refractivity contribution is -0.121. The Labute approximate surface area is 99.9 Å². The molecule has 94 valence electrons. The maximum Gasteiger partial charge on any atom is 0.328 e. The van der Waals surface area contributed by atoms with Gasteiger partial charge in [0.25, 0.3) is 0 Å². The van der Waals surface area contributed by atoms with E-state index in [9.17, 15) is 4.79 Å². The van der Waals surface area contributed by atoms with Crippen LogP contribution < -0.4 is 11.1 Å². The molecule has 0 aliphatic heterocycles. The minimum Gasteiger partial charge on any atom is -0.330 e. The van der Waals surface area contributed by atoms with E-state index >= 15 is 0 Å². The fourth-order valence-corrected chi connectivity index (χ4v) is 2.22. The lowest BCUT2D eigenvalue weighted by Gasteiger charge is -2.26. The van der Waals surface area contributed by atoms with Crippen LogP contribution in [0.15, 0.2) is 4.52 Å². The first kappa shape index (κ1) is 12.0. The monoisotopic (exact) mass is 238 g/mol. The molecule has 0 atom stereocenters. The molecule has 1 aliphatic carbocycles. The van der Waals surface area contributed by atoms with Crippen LogP contribution in [-0.4, -0.2) is 22.6 Å². The molecule has 6 nitrogen and oxygen atoms in total. The van der Waals surface area contributed by atoms with Gasteiger partial charge in [0.15, 0.2) is 5.82 Å². The van der Waals surface area contributed by atoms with Gasteiger partial charge in [-0.15, -0.1) is 0 Å². The smallest absolute Gasteiger partial charge is 0.328 e. The summed E-state index contributed by atoms with van der Waals surface area (Å²) in [5, 5.41) is 6.28. The number of rotatable bonds is 3. The number of nitrogens with two attached hydrogens (primary N) is 1. The Morgan fingerprint density at radius 1 is 1.47 bits per heavy atom. The van der Waals surface area contributed by atoms with E-state index in [1.54, 1.807) is 6.92 Å². The molecule has 0 spiro atoms. The van der Waals surface area contributed by atoms with Crippen LogP contribution in [0, 0.1) is 18.8 Å². The Hall–Kier alpha value is -1.43. The maximum absolute atomic E-state index is 11.9. The van der Waals surface area contributed by atoms with E-state index in [0.29, 0.717) is 11.7 Å². The minimum atomic E-state index is -0.0240. The second-order valence-corrected chi connectivity index (χ2v) is 4.59. The Kier molecular flexibility index (Phi) is 3.73. The Balaban J connectivity index is 1.85. The molecule has 1 fully saturated rings. The average molecular weight is 238 g/mol. The molecule has 1 aromatic rings. The van der Waals surface area contributed by atoms with E-state index in [0.717, 1.165) is 32.2 Å². The van der Waals surface area contributed by atoms with Crippen LogP contribution in [-0.2, 0) is 4.79 Å². The fraction of sp³-hybridized carbons (Fsp3) is 0.727. The number of anilines is 1. The fourth-order valence-electron chi connectivity index (χ4n) is 2.22. The second-order valence-electron chi connectivity index (χ2n) is 4.59. The van der Waals surface area contributed by atoms with Crippen LogP contribution >= 0.6 is 0 Å². The van der Waals surface area contributed by atoms with Crippen molar-refractivity contribution in [1.29, 1.82) is 0 Å². The van der Waals surface area contributed by atoms with Gasteiger partial charge in [0.2, 0.25) is 5.91 Å². The highest BCUT2D eigenvalue weighted by molar-refractivity contribution is 5.90. The third-order valence-electron chi connectivity index (χ3n) is 3.31. The molecule has 1 saturated carbocycles. The highest BCUT2D eigenvalue weighted by atomic mass is 16.5. The molecule has 0 saturated heterocycles. The molecule has 1 aromatic heterocycles. The molecule has 0 aromatic carbocycles. The van der Waals surface area contributed by atoms with Crippen molar-refractivity contribution in [2.24, 2.45) is 17.6 Å². The Morgan fingerprint density at radius 2 is 2.18 bits per heavy atom. The SMILES string of the molecule is Cc1noc(NC(=O)C2CCC(CN)CC2)n1. The van der Waals surface area contributed by atoms with Crippen LogP contribution in [0.3, 0.4) is 0 Å². The minimum absolute atomic E-state index is 0.0240. The van der Waals surface area contributed by atoms with Crippen LogP contribution in [0.1, 0.15) is 31.5 Å². The summed E-state index contributed by atoms with van der Waals surface area (Å²) in [6.07, 6.45) is 3.83. The van der Waals surface area contributed by atoms with Gasteiger partial charge in [-0.3, -0.25) is 10.1 Å². The Bertz CT molecular complexity index is 383. The standard InChI is InChI=1S/C11H18N4O2/c1-7-13-11(17-15-7)14-10(16)9-4-2-8(6-12)3-5-9/h8-9H,2-6,12H2,1H3,(H,13,14,15,16).